The fourth-order valence-electron chi connectivity index (χ4n) is 1.59. The Kier molecular flexibility index (Phi) is 4.12. The van der Waals surface area contributed by atoms with Crippen molar-refractivity contribution in [2.24, 2.45) is 5.92 Å². The molecule has 4 heteroatoms. The zero-order valence-electron chi connectivity index (χ0n) is 10.2. The summed E-state index contributed by atoms with van der Waals surface area (Å²) in [5.74, 6) is 0.811. The average Bonchev–Trinajstić information content (AvgIpc) is 2.59. The van der Waals surface area contributed by atoms with E-state index in [1.54, 1.807) is 0 Å². The first-order valence-electron chi connectivity index (χ1n) is 5.47. The van der Waals surface area contributed by atoms with Gasteiger partial charge in [0.2, 0.25) is 0 Å². The Hall–Kier alpha value is -1.29. The molecular formula is C12H19NO3. The molecule has 1 rings (SSSR count). The zero-order valence-corrected chi connectivity index (χ0v) is 10.2. The van der Waals surface area contributed by atoms with E-state index in [0.29, 0.717) is 0 Å². The summed E-state index contributed by atoms with van der Waals surface area (Å²) in [5, 5.41) is 12.1. The minimum absolute atomic E-state index is 0.0380. The number of hydrogen-bond acceptors (Lipinski definition) is 3. The molecule has 90 valence electrons. The number of furan rings is 1. The predicted molar refractivity (Wildman–Crippen MR) is 61.3 cm³/mol. The van der Waals surface area contributed by atoms with E-state index in [-0.39, 0.29) is 12.0 Å². The highest BCUT2D eigenvalue weighted by molar-refractivity contribution is 5.73. The molecule has 0 spiro atoms. The first kappa shape index (κ1) is 12.8. The third-order valence-electron chi connectivity index (χ3n) is 2.55. The molecule has 2 unspecified atom stereocenters. The number of carbonyl (C=O) groups is 1. The number of nitrogens with one attached hydrogen (secondary N) is 1. The zero-order chi connectivity index (χ0) is 12.3. The van der Waals surface area contributed by atoms with E-state index in [1.807, 2.05) is 39.8 Å². The third-order valence-corrected chi connectivity index (χ3v) is 2.55. The molecule has 2 atom stereocenters. The number of aryl methyl sites for hydroxylation is 1. The van der Waals surface area contributed by atoms with Gasteiger partial charge in [-0.05, 0) is 31.9 Å². The summed E-state index contributed by atoms with van der Waals surface area (Å²) in [6, 6.07) is 3.09. The van der Waals surface area contributed by atoms with Gasteiger partial charge in [-0.1, -0.05) is 13.8 Å². The highest BCUT2D eigenvalue weighted by Gasteiger charge is 2.24. The van der Waals surface area contributed by atoms with Gasteiger partial charge in [0.25, 0.3) is 0 Å². The molecule has 0 bridgehead atoms. The molecule has 0 amide bonds. The lowest BCUT2D eigenvalue weighted by molar-refractivity contribution is -0.140. The number of rotatable bonds is 5. The number of hydrogen-bond donors (Lipinski definition) is 2. The Labute approximate surface area is 95.7 Å². The highest BCUT2D eigenvalue weighted by Crippen LogP contribution is 2.17. The van der Waals surface area contributed by atoms with Crippen LogP contribution in [0.5, 0.6) is 0 Å². The van der Waals surface area contributed by atoms with Crippen LogP contribution >= 0.6 is 0 Å². The molecule has 1 heterocycles. The van der Waals surface area contributed by atoms with E-state index >= 15 is 0 Å². The van der Waals surface area contributed by atoms with Crippen LogP contribution in [0.3, 0.4) is 0 Å². The normalized spacial score (nSPS) is 15.1. The Morgan fingerprint density at radius 1 is 1.38 bits per heavy atom. The largest absolute Gasteiger partial charge is 0.480 e. The first-order chi connectivity index (χ1) is 7.41. The van der Waals surface area contributed by atoms with Crippen LogP contribution in [0.25, 0.3) is 0 Å². The Balaban J connectivity index is 2.68. The van der Waals surface area contributed by atoms with Crippen LogP contribution < -0.4 is 5.32 Å². The van der Waals surface area contributed by atoms with Crippen molar-refractivity contribution in [1.82, 2.24) is 5.32 Å². The van der Waals surface area contributed by atoms with Gasteiger partial charge >= 0.3 is 5.97 Å². The molecule has 1 aromatic rings. The Morgan fingerprint density at radius 2 is 2.00 bits per heavy atom. The van der Waals surface area contributed by atoms with Crippen LogP contribution in [-0.2, 0) is 4.79 Å². The van der Waals surface area contributed by atoms with E-state index in [2.05, 4.69) is 5.32 Å². The topological polar surface area (TPSA) is 62.5 Å². The summed E-state index contributed by atoms with van der Waals surface area (Å²) < 4.78 is 5.45. The third kappa shape index (κ3) is 3.10. The van der Waals surface area contributed by atoms with Gasteiger partial charge in [-0.3, -0.25) is 10.1 Å². The maximum atomic E-state index is 11.0. The Morgan fingerprint density at radius 3 is 2.38 bits per heavy atom. The van der Waals surface area contributed by atoms with Crippen molar-refractivity contribution in [3.05, 3.63) is 23.7 Å². The first-order valence-corrected chi connectivity index (χ1v) is 5.47. The molecule has 0 aliphatic heterocycles. The van der Waals surface area contributed by atoms with E-state index in [1.165, 1.54) is 0 Å². The van der Waals surface area contributed by atoms with Crippen molar-refractivity contribution in [3.8, 4) is 0 Å². The van der Waals surface area contributed by atoms with Crippen molar-refractivity contribution in [2.45, 2.75) is 39.8 Å². The molecule has 4 nitrogen and oxygen atoms in total. The van der Waals surface area contributed by atoms with Crippen LogP contribution in [0, 0.1) is 12.8 Å². The van der Waals surface area contributed by atoms with E-state index in [4.69, 9.17) is 9.52 Å². The molecule has 0 radical (unpaired) electrons. The molecule has 0 aliphatic carbocycles. The minimum Gasteiger partial charge on any atom is -0.480 e. The van der Waals surface area contributed by atoms with E-state index in [9.17, 15) is 4.79 Å². The summed E-state index contributed by atoms with van der Waals surface area (Å²) in [6.07, 6.45) is 0. The van der Waals surface area contributed by atoms with Gasteiger partial charge in [0.05, 0.1) is 6.04 Å². The quantitative estimate of drug-likeness (QED) is 0.807. The summed E-state index contributed by atoms with van der Waals surface area (Å²) >= 11 is 0. The summed E-state index contributed by atoms with van der Waals surface area (Å²) in [4.78, 5) is 11.0. The molecule has 0 saturated heterocycles. The fraction of sp³-hybridized carbons (Fsp3) is 0.583. The smallest absolute Gasteiger partial charge is 0.320 e. The van der Waals surface area contributed by atoms with Crippen LogP contribution in [0.15, 0.2) is 16.5 Å². The maximum absolute atomic E-state index is 11.0. The van der Waals surface area contributed by atoms with Gasteiger partial charge in [-0.2, -0.15) is 0 Å². The van der Waals surface area contributed by atoms with Gasteiger partial charge in [0, 0.05) is 0 Å². The fourth-order valence-corrected chi connectivity index (χ4v) is 1.59. The van der Waals surface area contributed by atoms with Crippen LogP contribution in [0.2, 0.25) is 0 Å². The lowest BCUT2D eigenvalue weighted by Crippen LogP contribution is -2.42. The summed E-state index contributed by atoms with van der Waals surface area (Å²) in [5.41, 5.74) is 0. The molecule has 16 heavy (non-hydrogen) atoms. The average molecular weight is 225 g/mol. The van der Waals surface area contributed by atoms with Crippen LogP contribution in [0.4, 0.5) is 0 Å². The lowest BCUT2D eigenvalue weighted by atomic mass is 10.0. The van der Waals surface area contributed by atoms with E-state index < -0.39 is 12.0 Å². The molecule has 0 aliphatic rings. The molecule has 0 saturated carbocycles. The lowest BCUT2D eigenvalue weighted by Gasteiger charge is -2.21. The van der Waals surface area contributed by atoms with Gasteiger partial charge in [0.1, 0.15) is 17.6 Å². The molecule has 0 aromatic carbocycles. The SMILES string of the molecule is Cc1ccc(C(C)NC(C(=O)O)C(C)C)o1. The number of carboxylic acid groups (broad SMARTS) is 1. The van der Waals surface area contributed by atoms with Crippen molar-refractivity contribution >= 4 is 5.97 Å². The molecular weight excluding hydrogens is 206 g/mol. The summed E-state index contributed by atoms with van der Waals surface area (Å²) in [7, 11) is 0. The van der Waals surface area contributed by atoms with E-state index in [0.717, 1.165) is 11.5 Å². The number of aliphatic carboxylic acids is 1. The standard InChI is InChI=1S/C12H19NO3/c1-7(2)11(12(14)15)13-9(4)10-6-5-8(3)16-10/h5-7,9,11,13H,1-4H3,(H,14,15). The van der Waals surface area contributed by atoms with Gasteiger partial charge in [-0.15, -0.1) is 0 Å². The van der Waals surface area contributed by atoms with Crippen molar-refractivity contribution < 1.29 is 14.3 Å². The van der Waals surface area contributed by atoms with Crippen LogP contribution in [-0.4, -0.2) is 17.1 Å². The molecule has 2 N–H and O–H groups in total. The molecule has 1 aromatic heterocycles. The highest BCUT2D eigenvalue weighted by atomic mass is 16.4. The maximum Gasteiger partial charge on any atom is 0.320 e. The monoisotopic (exact) mass is 225 g/mol. The Bertz CT molecular complexity index is 357. The van der Waals surface area contributed by atoms with Gasteiger partial charge in [-0.25, -0.2) is 0 Å². The summed E-state index contributed by atoms with van der Waals surface area (Å²) in [6.45, 7) is 7.53. The predicted octanol–water partition coefficient (Wildman–Crippen LogP) is 2.35. The van der Waals surface area contributed by atoms with Crippen molar-refractivity contribution in [2.75, 3.05) is 0 Å². The second-order valence-electron chi connectivity index (χ2n) is 4.40. The second kappa shape index (κ2) is 5.16. The minimum atomic E-state index is -0.829. The van der Waals surface area contributed by atoms with Crippen molar-refractivity contribution in [1.29, 1.82) is 0 Å². The van der Waals surface area contributed by atoms with Gasteiger partial charge in [0.15, 0.2) is 0 Å². The second-order valence-corrected chi connectivity index (χ2v) is 4.40. The van der Waals surface area contributed by atoms with Gasteiger partial charge < -0.3 is 9.52 Å². The van der Waals surface area contributed by atoms with Crippen molar-refractivity contribution in [3.63, 3.8) is 0 Å². The number of carboxylic acids is 1. The molecule has 0 fully saturated rings. The van der Waals surface area contributed by atoms with Crippen LogP contribution in [0.1, 0.15) is 38.3 Å².